The lowest BCUT2D eigenvalue weighted by Crippen LogP contribution is -2.36. The predicted octanol–water partition coefficient (Wildman–Crippen LogP) is 1.67. The molecule has 1 N–H and O–H groups in total. The second-order valence-electron chi connectivity index (χ2n) is 4.04. The number of aliphatic carboxylic acids is 1. The molecule has 8 heteroatoms. The molecule has 7 nitrogen and oxygen atoms in total. The van der Waals surface area contributed by atoms with Crippen LogP contribution in [-0.2, 0) is 4.79 Å². The number of carbonyl (C=O) groups is 2. The van der Waals surface area contributed by atoms with Crippen LogP contribution < -0.4 is 0 Å². The fourth-order valence-corrected chi connectivity index (χ4v) is 1.65. The molecule has 0 aliphatic rings. The van der Waals surface area contributed by atoms with Crippen LogP contribution in [0.1, 0.15) is 23.7 Å². The molecule has 20 heavy (non-hydrogen) atoms. The number of hydrogen-bond acceptors (Lipinski definition) is 4. The number of nitrogens with zero attached hydrogens (tertiary/aromatic N) is 2. The lowest BCUT2D eigenvalue weighted by atomic mass is 10.1. The molecular weight excluding hydrogens is 271 g/mol. The molecular formula is C12H13FN2O5. The summed E-state index contributed by atoms with van der Waals surface area (Å²) in [5.41, 5.74) is -0.857. The Balaban J connectivity index is 3.05. The van der Waals surface area contributed by atoms with E-state index >= 15 is 0 Å². The normalized spacial score (nSPS) is 10.1. The van der Waals surface area contributed by atoms with Crippen LogP contribution in [0.15, 0.2) is 18.2 Å². The Hall–Kier alpha value is -2.51. The summed E-state index contributed by atoms with van der Waals surface area (Å²) in [6.45, 7) is 1.35. The highest BCUT2D eigenvalue weighted by molar-refractivity contribution is 5.96. The van der Waals surface area contributed by atoms with E-state index in [1.54, 1.807) is 6.92 Å². The first-order valence-electron chi connectivity index (χ1n) is 5.81. The number of nitro groups is 1. The third-order valence-electron chi connectivity index (χ3n) is 2.50. The number of non-ortho nitro benzene ring substituents is 1. The van der Waals surface area contributed by atoms with Gasteiger partial charge in [0, 0.05) is 12.6 Å². The fraction of sp³-hybridized carbons (Fsp3) is 0.333. The quantitative estimate of drug-likeness (QED) is 0.632. The van der Waals surface area contributed by atoms with Crippen molar-refractivity contribution in [3.63, 3.8) is 0 Å². The first-order chi connectivity index (χ1) is 9.36. The zero-order valence-corrected chi connectivity index (χ0v) is 10.7. The molecule has 0 aromatic heterocycles. The van der Waals surface area contributed by atoms with Gasteiger partial charge in [-0.2, -0.15) is 0 Å². The summed E-state index contributed by atoms with van der Waals surface area (Å²) in [5.74, 6) is -3.06. The van der Waals surface area contributed by atoms with Gasteiger partial charge in [-0.15, -0.1) is 0 Å². The largest absolute Gasteiger partial charge is 0.480 e. The maximum absolute atomic E-state index is 13.7. The maximum atomic E-state index is 13.7. The van der Waals surface area contributed by atoms with E-state index in [4.69, 9.17) is 5.11 Å². The minimum absolute atomic E-state index is 0.154. The molecule has 0 heterocycles. The molecule has 1 aromatic carbocycles. The molecule has 0 fully saturated rings. The molecule has 108 valence electrons. The molecule has 0 aliphatic carbocycles. The maximum Gasteiger partial charge on any atom is 0.323 e. The number of carbonyl (C=O) groups excluding carboxylic acids is 1. The zero-order chi connectivity index (χ0) is 15.3. The summed E-state index contributed by atoms with van der Waals surface area (Å²) >= 11 is 0. The minimum Gasteiger partial charge on any atom is -0.480 e. The Morgan fingerprint density at radius 2 is 2.10 bits per heavy atom. The zero-order valence-electron chi connectivity index (χ0n) is 10.7. The van der Waals surface area contributed by atoms with Crippen LogP contribution >= 0.6 is 0 Å². The standard InChI is InChI=1S/C12H13FN2O5/c1-2-5-14(7-11(16)17)12(18)9-4-3-8(15(19)20)6-10(9)13/h3-4,6H,2,5,7H2,1H3,(H,16,17). The second-order valence-corrected chi connectivity index (χ2v) is 4.04. The van der Waals surface area contributed by atoms with Crippen LogP contribution in [0, 0.1) is 15.9 Å². The second kappa shape index (κ2) is 6.60. The lowest BCUT2D eigenvalue weighted by molar-refractivity contribution is -0.385. The summed E-state index contributed by atoms with van der Waals surface area (Å²) < 4.78 is 13.7. The Bertz CT molecular complexity index is 547. The van der Waals surface area contributed by atoms with Gasteiger partial charge in [0.25, 0.3) is 11.6 Å². The van der Waals surface area contributed by atoms with Crippen molar-refractivity contribution >= 4 is 17.6 Å². The van der Waals surface area contributed by atoms with E-state index in [1.807, 2.05) is 0 Å². The molecule has 0 bridgehead atoms. The molecule has 0 unspecified atom stereocenters. The molecule has 1 amide bonds. The number of rotatable bonds is 6. The SMILES string of the molecule is CCCN(CC(=O)O)C(=O)c1ccc([N+](=O)[O-])cc1F. The topological polar surface area (TPSA) is 101 Å². The molecule has 0 aliphatic heterocycles. The van der Waals surface area contributed by atoms with E-state index in [-0.39, 0.29) is 12.1 Å². The molecule has 0 saturated carbocycles. The highest BCUT2D eigenvalue weighted by Gasteiger charge is 2.22. The van der Waals surface area contributed by atoms with E-state index in [0.29, 0.717) is 12.5 Å². The van der Waals surface area contributed by atoms with Gasteiger partial charge in [0.1, 0.15) is 12.4 Å². The van der Waals surface area contributed by atoms with Crippen molar-refractivity contribution in [3.05, 3.63) is 39.7 Å². The van der Waals surface area contributed by atoms with Gasteiger partial charge in [0.2, 0.25) is 0 Å². The lowest BCUT2D eigenvalue weighted by Gasteiger charge is -2.20. The summed E-state index contributed by atoms with van der Waals surface area (Å²) in [4.78, 5) is 33.4. The summed E-state index contributed by atoms with van der Waals surface area (Å²) in [7, 11) is 0. The van der Waals surface area contributed by atoms with E-state index in [0.717, 1.165) is 17.0 Å². The van der Waals surface area contributed by atoms with E-state index in [9.17, 15) is 24.1 Å². The van der Waals surface area contributed by atoms with Crippen LogP contribution in [-0.4, -0.2) is 39.9 Å². The summed E-state index contributed by atoms with van der Waals surface area (Å²) in [5, 5.41) is 19.2. The van der Waals surface area contributed by atoms with Gasteiger partial charge < -0.3 is 10.0 Å². The van der Waals surface area contributed by atoms with Gasteiger partial charge in [-0.3, -0.25) is 19.7 Å². The third-order valence-corrected chi connectivity index (χ3v) is 2.50. The van der Waals surface area contributed by atoms with Crippen molar-refractivity contribution < 1.29 is 24.0 Å². The molecule has 0 radical (unpaired) electrons. The molecule has 0 saturated heterocycles. The Morgan fingerprint density at radius 3 is 2.55 bits per heavy atom. The van der Waals surface area contributed by atoms with Crippen molar-refractivity contribution in [3.8, 4) is 0 Å². The van der Waals surface area contributed by atoms with Gasteiger partial charge in [-0.1, -0.05) is 6.92 Å². The number of nitro benzene ring substituents is 1. The van der Waals surface area contributed by atoms with Crippen LogP contribution in [0.4, 0.5) is 10.1 Å². The monoisotopic (exact) mass is 284 g/mol. The van der Waals surface area contributed by atoms with Gasteiger partial charge >= 0.3 is 5.97 Å². The first kappa shape index (κ1) is 15.5. The molecule has 1 aromatic rings. The van der Waals surface area contributed by atoms with Gasteiger partial charge in [0.05, 0.1) is 16.6 Å². The van der Waals surface area contributed by atoms with Gasteiger partial charge in [0.15, 0.2) is 0 Å². The summed E-state index contributed by atoms with van der Waals surface area (Å²) in [6.07, 6.45) is 0.508. The Morgan fingerprint density at radius 1 is 1.45 bits per heavy atom. The Labute approximate surface area is 113 Å². The summed E-state index contributed by atoms with van der Waals surface area (Å²) in [6, 6.07) is 2.62. The van der Waals surface area contributed by atoms with E-state index in [2.05, 4.69) is 0 Å². The number of benzene rings is 1. The van der Waals surface area contributed by atoms with Crippen LogP contribution in [0.3, 0.4) is 0 Å². The van der Waals surface area contributed by atoms with Crippen molar-refractivity contribution in [2.24, 2.45) is 0 Å². The highest BCUT2D eigenvalue weighted by Crippen LogP contribution is 2.18. The predicted molar refractivity (Wildman–Crippen MR) is 66.9 cm³/mol. The van der Waals surface area contributed by atoms with Crippen LogP contribution in [0.2, 0.25) is 0 Å². The third kappa shape index (κ3) is 3.74. The van der Waals surface area contributed by atoms with Gasteiger partial charge in [-0.05, 0) is 12.5 Å². The average Bonchev–Trinajstić information content (AvgIpc) is 2.36. The highest BCUT2D eigenvalue weighted by atomic mass is 19.1. The number of amides is 1. The van der Waals surface area contributed by atoms with E-state index in [1.165, 1.54) is 0 Å². The molecule has 1 rings (SSSR count). The van der Waals surface area contributed by atoms with Gasteiger partial charge in [-0.25, -0.2) is 4.39 Å². The van der Waals surface area contributed by atoms with Crippen molar-refractivity contribution in [1.29, 1.82) is 0 Å². The van der Waals surface area contributed by atoms with E-state index < -0.39 is 34.8 Å². The van der Waals surface area contributed by atoms with Crippen molar-refractivity contribution in [1.82, 2.24) is 4.90 Å². The molecule has 0 atom stereocenters. The molecule has 0 spiro atoms. The fourth-order valence-electron chi connectivity index (χ4n) is 1.65. The smallest absolute Gasteiger partial charge is 0.323 e. The number of carboxylic acids is 1. The average molecular weight is 284 g/mol. The van der Waals surface area contributed by atoms with Crippen molar-refractivity contribution in [2.45, 2.75) is 13.3 Å². The minimum atomic E-state index is -1.21. The first-order valence-corrected chi connectivity index (χ1v) is 5.81. The number of carboxylic acid groups (broad SMARTS) is 1. The Kier molecular flexibility index (Phi) is 5.13. The van der Waals surface area contributed by atoms with Crippen LogP contribution in [0.5, 0.6) is 0 Å². The number of hydrogen-bond donors (Lipinski definition) is 1. The van der Waals surface area contributed by atoms with Crippen LogP contribution in [0.25, 0.3) is 0 Å². The van der Waals surface area contributed by atoms with Crippen molar-refractivity contribution in [2.75, 3.05) is 13.1 Å². The number of halogens is 1.